The Morgan fingerprint density at radius 2 is 1.76 bits per heavy atom. The van der Waals surface area contributed by atoms with Crippen LogP contribution in [0.3, 0.4) is 0 Å². The highest BCUT2D eigenvalue weighted by Gasteiger charge is 2.31. The smallest absolute Gasteiger partial charge is 0.273 e. The Morgan fingerprint density at radius 1 is 1.06 bits per heavy atom. The van der Waals surface area contributed by atoms with Crippen LogP contribution in [0.4, 0.5) is 5.82 Å². The van der Waals surface area contributed by atoms with E-state index in [1.165, 1.54) is 12.8 Å². The van der Waals surface area contributed by atoms with Gasteiger partial charge in [0.15, 0.2) is 5.65 Å². The second-order valence-corrected chi connectivity index (χ2v) is 8.54. The Kier molecular flexibility index (Phi) is 8.58. The Morgan fingerprint density at radius 3 is 2.47 bits per heavy atom. The van der Waals surface area contributed by atoms with Crippen molar-refractivity contribution in [3.8, 4) is 6.57 Å². The fourth-order valence-corrected chi connectivity index (χ4v) is 4.71. The van der Waals surface area contributed by atoms with Crippen LogP contribution in [0, 0.1) is 25.7 Å². The molecule has 1 atom stereocenters. The molecule has 3 aromatic rings. The number of carbonyl (C=O) groups excluding carboxylic acids is 1. The van der Waals surface area contributed by atoms with Crippen molar-refractivity contribution >= 4 is 17.4 Å². The Balaban J connectivity index is 0.000000771. The van der Waals surface area contributed by atoms with Crippen LogP contribution in [0.5, 0.6) is 0 Å². The summed E-state index contributed by atoms with van der Waals surface area (Å²) in [4.78, 5) is 26.8. The first-order valence-corrected chi connectivity index (χ1v) is 12.2. The number of likely N-dealkylation sites (tertiary alicyclic amines) is 1. The molecule has 34 heavy (non-hydrogen) atoms. The highest BCUT2D eigenvalue weighted by atomic mass is 16.2. The van der Waals surface area contributed by atoms with Crippen molar-refractivity contribution < 1.29 is 4.79 Å². The maximum atomic E-state index is 13.2. The molecule has 2 fully saturated rings. The maximum Gasteiger partial charge on any atom is 0.273 e. The van der Waals surface area contributed by atoms with E-state index >= 15 is 0 Å². The first kappa shape index (κ1) is 25.2. The molecule has 2 aliphatic rings. The zero-order valence-corrected chi connectivity index (χ0v) is 20.7. The maximum absolute atomic E-state index is 13.2. The van der Waals surface area contributed by atoms with Gasteiger partial charge in [-0.2, -0.15) is 5.10 Å². The standard InChI is InChI=1S/C23H28N6O.C2H6.CHN/c1-16-8-9-24-19(13-16)23(30)28-12-4-3-7-20(28)18-14-21-25-22(27-10-5-6-11-27)17(2)15-29(21)26-18;2*1-2/h8-9,13-15,20H,3-7,10-12H2,1-2H3;1-2H3;1H/t20-;;/m0../s1. The number of aromatic nitrogens is 4. The molecule has 0 N–H and O–H groups in total. The van der Waals surface area contributed by atoms with E-state index < -0.39 is 0 Å². The van der Waals surface area contributed by atoms with Gasteiger partial charge in [-0.25, -0.2) is 14.8 Å². The molecule has 0 unspecified atom stereocenters. The molecule has 0 saturated carbocycles. The zero-order chi connectivity index (χ0) is 24.7. The molecule has 0 aliphatic carbocycles. The lowest BCUT2D eigenvalue weighted by Gasteiger charge is -2.34. The fraction of sp³-hybridized carbons (Fsp3) is 0.500. The van der Waals surface area contributed by atoms with E-state index in [4.69, 9.17) is 15.3 Å². The monoisotopic (exact) mass is 461 g/mol. The molecule has 5 rings (SSSR count). The summed E-state index contributed by atoms with van der Waals surface area (Å²) in [6, 6.07) is 5.80. The van der Waals surface area contributed by atoms with Crippen molar-refractivity contribution in [1.29, 1.82) is 5.26 Å². The molecular formula is C26H35N7O. The van der Waals surface area contributed by atoms with Crippen LogP contribution in [0.2, 0.25) is 0 Å². The average molecular weight is 462 g/mol. The minimum Gasteiger partial charge on any atom is -0.356 e. The number of hydrogen-bond donors (Lipinski definition) is 0. The second kappa shape index (κ2) is 11.6. The summed E-state index contributed by atoms with van der Waals surface area (Å²) in [5.74, 6) is 1.05. The van der Waals surface area contributed by atoms with E-state index in [0.29, 0.717) is 5.69 Å². The van der Waals surface area contributed by atoms with Gasteiger partial charge in [0.05, 0.1) is 11.7 Å². The number of fused-ring (bicyclic) bond motifs is 1. The first-order valence-electron chi connectivity index (χ1n) is 12.2. The topological polar surface area (TPSA) is 90.4 Å². The fourth-order valence-electron chi connectivity index (χ4n) is 4.71. The number of amides is 1. The molecule has 0 spiro atoms. The molecule has 2 saturated heterocycles. The van der Waals surface area contributed by atoms with Crippen molar-refractivity contribution in [1.82, 2.24) is 24.5 Å². The predicted octanol–water partition coefficient (Wildman–Crippen LogP) is 4.87. The van der Waals surface area contributed by atoms with Crippen LogP contribution in [0.25, 0.3) is 5.65 Å². The van der Waals surface area contributed by atoms with Gasteiger partial charge in [-0.1, -0.05) is 13.8 Å². The second-order valence-electron chi connectivity index (χ2n) is 8.54. The van der Waals surface area contributed by atoms with Crippen LogP contribution >= 0.6 is 0 Å². The van der Waals surface area contributed by atoms with E-state index in [1.807, 2.05) is 42.3 Å². The minimum absolute atomic E-state index is 0.0117. The van der Waals surface area contributed by atoms with Gasteiger partial charge in [0.2, 0.25) is 0 Å². The van der Waals surface area contributed by atoms with Crippen LogP contribution in [0.1, 0.15) is 79.3 Å². The van der Waals surface area contributed by atoms with E-state index in [2.05, 4.69) is 35.6 Å². The predicted molar refractivity (Wildman–Crippen MR) is 134 cm³/mol. The summed E-state index contributed by atoms with van der Waals surface area (Å²) in [7, 11) is 0. The third kappa shape index (κ3) is 5.19. The van der Waals surface area contributed by atoms with Crippen LogP contribution in [-0.2, 0) is 0 Å². The summed E-state index contributed by atoms with van der Waals surface area (Å²) in [5.41, 5.74) is 4.46. The number of pyridine rings is 1. The number of anilines is 1. The third-order valence-corrected chi connectivity index (χ3v) is 6.27. The Bertz CT molecular complexity index is 1130. The molecule has 3 aromatic heterocycles. The van der Waals surface area contributed by atoms with Gasteiger partial charge in [0.25, 0.3) is 5.91 Å². The van der Waals surface area contributed by atoms with E-state index in [0.717, 1.165) is 67.2 Å². The van der Waals surface area contributed by atoms with E-state index in [1.54, 1.807) is 6.20 Å². The summed E-state index contributed by atoms with van der Waals surface area (Å²) in [6.45, 7) is 14.5. The lowest BCUT2D eigenvalue weighted by molar-refractivity contribution is 0.0599. The van der Waals surface area contributed by atoms with E-state index in [-0.39, 0.29) is 11.9 Å². The van der Waals surface area contributed by atoms with Gasteiger partial charge in [0, 0.05) is 50.2 Å². The lowest BCUT2D eigenvalue weighted by atomic mass is 9.98. The Labute approximate surface area is 202 Å². The van der Waals surface area contributed by atoms with Crippen LogP contribution < -0.4 is 4.90 Å². The van der Waals surface area contributed by atoms with Crippen molar-refractivity contribution in [2.45, 2.75) is 65.8 Å². The molecule has 2 aliphatic heterocycles. The number of aryl methyl sites for hydroxylation is 2. The summed E-state index contributed by atoms with van der Waals surface area (Å²) in [6.07, 6.45) is 9.24. The SMILES string of the molecule is C#N.CC.Cc1ccnc(C(=O)N2CCCC[C@H]2c2cc3nc(N4CCCC4)c(C)cn3n2)c1. The number of piperidine rings is 1. The number of nitrogens with zero attached hydrogens (tertiary/aromatic N) is 7. The van der Waals surface area contributed by atoms with Crippen molar-refractivity contribution in [3.05, 3.63) is 53.1 Å². The molecule has 5 heterocycles. The molecule has 8 nitrogen and oxygen atoms in total. The first-order chi connectivity index (χ1) is 16.6. The van der Waals surface area contributed by atoms with Crippen LogP contribution in [0.15, 0.2) is 30.6 Å². The molecule has 0 radical (unpaired) electrons. The number of nitriles is 1. The van der Waals surface area contributed by atoms with Gasteiger partial charge >= 0.3 is 0 Å². The lowest BCUT2D eigenvalue weighted by Crippen LogP contribution is -2.39. The zero-order valence-electron chi connectivity index (χ0n) is 20.7. The summed E-state index contributed by atoms with van der Waals surface area (Å²) < 4.78 is 1.87. The van der Waals surface area contributed by atoms with Crippen molar-refractivity contribution in [2.24, 2.45) is 0 Å². The molecule has 0 aromatic carbocycles. The highest BCUT2D eigenvalue weighted by Crippen LogP contribution is 2.32. The molecule has 180 valence electrons. The van der Waals surface area contributed by atoms with Gasteiger partial charge in [0.1, 0.15) is 11.5 Å². The largest absolute Gasteiger partial charge is 0.356 e. The summed E-state index contributed by atoms with van der Waals surface area (Å²) in [5, 5.41) is 11.3. The molecule has 0 bridgehead atoms. The minimum atomic E-state index is -0.0363. The Hall–Kier alpha value is -3.47. The van der Waals surface area contributed by atoms with Gasteiger partial charge in [-0.05, 0) is 63.6 Å². The number of carbonyl (C=O) groups is 1. The van der Waals surface area contributed by atoms with E-state index in [9.17, 15) is 4.79 Å². The molecule has 1 amide bonds. The van der Waals surface area contributed by atoms with Gasteiger partial charge in [-0.15, -0.1) is 0 Å². The number of hydrogen-bond acceptors (Lipinski definition) is 6. The normalized spacial score (nSPS) is 17.5. The molecular weight excluding hydrogens is 426 g/mol. The van der Waals surface area contributed by atoms with Crippen molar-refractivity contribution in [2.75, 3.05) is 24.5 Å². The third-order valence-electron chi connectivity index (χ3n) is 6.27. The van der Waals surface area contributed by atoms with Crippen LogP contribution in [-0.4, -0.2) is 50.0 Å². The van der Waals surface area contributed by atoms with Gasteiger partial charge < -0.3 is 9.80 Å². The summed E-state index contributed by atoms with van der Waals surface area (Å²) >= 11 is 0. The van der Waals surface area contributed by atoms with Gasteiger partial charge in [-0.3, -0.25) is 9.78 Å². The highest BCUT2D eigenvalue weighted by molar-refractivity contribution is 5.92. The van der Waals surface area contributed by atoms with Crippen molar-refractivity contribution in [3.63, 3.8) is 0 Å². The number of rotatable bonds is 3. The quantitative estimate of drug-likeness (QED) is 0.552. The average Bonchev–Trinajstić information content (AvgIpc) is 3.55. The molecule has 8 heteroatoms.